The minimum atomic E-state index is -0.165. The Bertz CT molecular complexity index is 370. The van der Waals surface area contributed by atoms with Gasteiger partial charge in [-0.1, -0.05) is 0 Å². The predicted octanol–water partition coefficient (Wildman–Crippen LogP) is -0.0993. The van der Waals surface area contributed by atoms with Gasteiger partial charge in [0.2, 0.25) is 5.88 Å². The molecule has 0 amide bonds. The molecule has 2 heterocycles. The highest BCUT2D eigenvalue weighted by atomic mass is 16.5. The Kier molecular flexibility index (Phi) is 2.25. The van der Waals surface area contributed by atoms with E-state index in [1.54, 1.807) is 10.9 Å². The second kappa shape index (κ2) is 3.42. The van der Waals surface area contributed by atoms with Crippen LogP contribution in [0.2, 0.25) is 0 Å². The Hall–Kier alpha value is -1.36. The first kappa shape index (κ1) is 9.21. The summed E-state index contributed by atoms with van der Waals surface area (Å²) in [6.45, 7) is 2.32. The second-order valence-corrected chi connectivity index (χ2v) is 3.35. The standard InChI is InChI=1S/C9H13N3O2/c1-6-8-3-10-7(4-13)5-14-9(8)12(2)11-6/h3,7,13H,4-5H2,1-2H3. The minimum absolute atomic E-state index is 0.0109. The van der Waals surface area contributed by atoms with E-state index in [1.165, 1.54) is 0 Å². The third-order valence-corrected chi connectivity index (χ3v) is 2.25. The molecule has 1 unspecified atom stereocenters. The van der Waals surface area contributed by atoms with E-state index in [1.807, 2.05) is 14.0 Å². The smallest absolute Gasteiger partial charge is 0.220 e. The Morgan fingerprint density at radius 2 is 2.50 bits per heavy atom. The van der Waals surface area contributed by atoms with Crippen LogP contribution in [0.25, 0.3) is 0 Å². The number of fused-ring (bicyclic) bond motifs is 1. The summed E-state index contributed by atoms with van der Waals surface area (Å²) >= 11 is 0. The molecule has 0 saturated carbocycles. The van der Waals surface area contributed by atoms with E-state index < -0.39 is 0 Å². The van der Waals surface area contributed by atoms with Crippen LogP contribution in [0.5, 0.6) is 5.88 Å². The Labute approximate surface area is 82.0 Å². The van der Waals surface area contributed by atoms with Gasteiger partial charge in [-0.15, -0.1) is 0 Å². The third-order valence-electron chi connectivity index (χ3n) is 2.25. The van der Waals surface area contributed by atoms with Crippen molar-refractivity contribution in [3.63, 3.8) is 0 Å². The van der Waals surface area contributed by atoms with Gasteiger partial charge in [0.25, 0.3) is 0 Å². The van der Waals surface area contributed by atoms with Gasteiger partial charge in [-0.2, -0.15) is 5.10 Å². The molecule has 1 aliphatic heterocycles. The summed E-state index contributed by atoms with van der Waals surface area (Å²) in [5, 5.41) is 13.2. The van der Waals surface area contributed by atoms with Crippen LogP contribution in [0, 0.1) is 6.92 Å². The molecule has 76 valence electrons. The Balaban J connectivity index is 2.38. The lowest BCUT2D eigenvalue weighted by Gasteiger charge is -2.08. The highest BCUT2D eigenvalue weighted by Crippen LogP contribution is 2.21. The van der Waals surface area contributed by atoms with Crippen LogP contribution in [-0.2, 0) is 7.05 Å². The van der Waals surface area contributed by atoms with Gasteiger partial charge in [0.05, 0.1) is 17.9 Å². The van der Waals surface area contributed by atoms with Gasteiger partial charge in [0.1, 0.15) is 12.6 Å². The fourth-order valence-electron chi connectivity index (χ4n) is 1.47. The van der Waals surface area contributed by atoms with Crippen molar-refractivity contribution in [3.8, 4) is 5.88 Å². The van der Waals surface area contributed by atoms with Gasteiger partial charge in [-0.3, -0.25) is 4.99 Å². The summed E-state index contributed by atoms with van der Waals surface area (Å²) in [6, 6.07) is -0.165. The van der Waals surface area contributed by atoms with Gasteiger partial charge in [-0.25, -0.2) is 4.68 Å². The van der Waals surface area contributed by atoms with Crippen molar-refractivity contribution in [2.75, 3.05) is 13.2 Å². The van der Waals surface area contributed by atoms with Crippen molar-refractivity contribution in [2.24, 2.45) is 12.0 Å². The van der Waals surface area contributed by atoms with Crippen LogP contribution >= 0.6 is 0 Å². The van der Waals surface area contributed by atoms with E-state index in [0.717, 1.165) is 17.1 Å². The average Bonchev–Trinajstić information content (AvgIpc) is 2.40. The van der Waals surface area contributed by atoms with E-state index in [9.17, 15) is 0 Å². The summed E-state index contributed by atoms with van der Waals surface area (Å²) in [5.74, 6) is 0.724. The molecule has 0 aromatic carbocycles. The second-order valence-electron chi connectivity index (χ2n) is 3.35. The van der Waals surface area contributed by atoms with Crippen molar-refractivity contribution in [1.29, 1.82) is 0 Å². The summed E-state index contributed by atoms with van der Waals surface area (Å²) in [4.78, 5) is 4.20. The van der Waals surface area contributed by atoms with Crippen LogP contribution in [0.4, 0.5) is 0 Å². The van der Waals surface area contributed by atoms with E-state index in [-0.39, 0.29) is 12.6 Å². The lowest BCUT2D eigenvalue weighted by Crippen LogP contribution is -2.19. The number of aliphatic hydroxyl groups excluding tert-OH is 1. The SMILES string of the molecule is Cc1nn(C)c2c1C=NC(CO)CO2. The zero-order chi connectivity index (χ0) is 10.1. The Morgan fingerprint density at radius 3 is 3.21 bits per heavy atom. The number of aliphatic hydroxyl groups is 1. The molecule has 5 heteroatoms. The molecule has 1 N–H and O–H groups in total. The number of hydrogen-bond acceptors (Lipinski definition) is 4. The molecule has 1 aromatic rings. The van der Waals surface area contributed by atoms with Crippen LogP contribution in [0.15, 0.2) is 4.99 Å². The first-order chi connectivity index (χ1) is 6.72. The fraction of sp³-hybridized carbons (Fsp3) is 0.556. The fourth-order valence-corrected chi connectivity index (χ4v) is 1.47. The maximum Gasteiger partial charge on any atom is 0.220 e. The van der Waals surface area contributed by atoms with E-state index in [0.29, 0.717) is 6.61 Å². The maximum absolute atomic E-state index is 8.95. The number of ether oxygens (including phenoxy) is 1. The molecule has 0 aliphatic carbocycles. The maximum atomic E-state index is 8.95. The van der Waals surface area contributed by atoms with Crippen LogP contribution in [0.3, 0.4) is 0 Å². The molecule has 1 aliphatic rings. The summed E-state index contributed by atoms with van der Waals surface area (Å²) < 4.78 is 7.21. The molecule has 0 fully saturated rings. The molecule has 0 bridgehead atoms. The normalized spacial score (nSPS) is 20.1. The summed E-state index contributed by atoms with van der Waals surface area (Å²) in [5.41, 5.74) is 1.80. The van der Waals surface area contributed by atoms with E-state index in [2.05, 4.69) is 10.1 Å². The highest BCUT2D eigenvalue weighted by Gasteiger charge is 2.18. The van der Waals surface area contributed by atoms with E-state index in [4.69, 9.17) is 9.84 Å². The third kappa shape index (κ3) is 1.39. The van der Waals surface area contributed by atoms with Crippen LogP contribution < -0.4 is 4.74 Å². The largest absolute Gasteiger partial charge is 0.475 e. The lowest BCUT2D eigenvalue weighted by molar-refractivity contribution is 0.201. The predicted molar refractivity (Wildman–Crippen MR) is 51.9 cm³/mol. The number of aryl methyl sites for hydroxylation is 2. The van der Waals surface area contributed by atoms with Gasteiger partial charge >= 0.3 is 0 Å². The van der Waals surface area contributed by atoms with Gasteiger partial charge in [-0.05, 0) is 6.92 Å². The molecule has 14 heavy (non-hydrogen) atoms. The number of aliphatic imine (C=N–C) groups is 1. The van der Waals surface area contributed by atoms with Crippen LogP contribution in [-0.4, -0.2) is 40.4 Å². The van der Waals surface area contributed by atoms with E-state index >= 15 is 0 Å². The molecule has 1 atom stereocenters. The Morgan fingerprint density at radius 1 is 1.71 bits per heavy atom. The molecular formula is C9H13N3O2. The van der Waals surface area contributed by atoms with Crippen molar-refractivity contribution >= 4 is 6.21 Å². The monoisotopic (exact) mass is 195 g/mol. The lowest BCUT2D eigenvalue weighted by atomic mass is 10.3. The van der Waals surface area contributed by atoms with Gasteiger partial charge in [0, 0.05) is 13.3 Å². The average molecular weight is 195 g/mol. The van der Waals surface area contributed by atoms with Gasteiger partial charge < -0.3 is 9.84 Å². The van der Waals surface area contributed by atoms with Crippen molar-refractivity contribution in [2.45, 2.75) is 13.0 Å². The highest BCUT2D eigenvalue weighted by molar-refractivity contribution is 5.84. The number of nitrogens with zero attached hydrogens (tertiary/aromatic N) is 3. The number of rotatable bonds is 1. The van der Waals surface area contributed by atoms with Crippen molar-refractivity contribution in [3.05, 3.63) is 11.3 Å². The molecule has 0 radical (unpaired) electrons. The topological polar surface area (TPSA) is 59.6 Å². The summed E-state index contributed by atoms with van der Waals surface area (Å²) in [7, 11) is 1.83. The van der Waals surface area contributed by atoms with Crippen LogP contribution in [0.1, 0.15) is 11.3 Å². The molecular weight excluding hydrogens is 182 g/mol. The quantitative estimate of drug-likeness (QED) is 0.680. The first-order valence-electron chi connectivity index (χ1n) is 4.53. The zero-order valence-corrected chi connectivity index (χ0v) is 8.27. The minimum Gasteiger partial charge on any atom is -0.475 e. The summed E-state index contributed by atoms with van der Waals surface area (Å²) in [6.07, 6.45) is 1.73. The first-order valence-corrected chi connectivity index (χ1v) is 4.53. The number of hydrogen-bond donors (Lipinski definition) is 1. The van der Waals surface area contributed by atoms with Crippen molar-refractivity contribution in [1.82, 2.24) is 9.78 Å². The van der Waals surface area contributed by atoms with Crippen molar-refractivity contribution < 1.29 is 9.84 Å². The molecule has 2 rings (SSSR count). The molecule has 0 spiro atoms. The zero-order valence-electron chi connectivity index (χ0n) is 8.27. The van der Waals surface area contributed by atoms with Gasteiger partial charge in [0.15, 0.2) is 0 Å². The molecule has 1 aromatic heterocycles. The number of aromatic nitrogens is 2. The molecule has 0 saturated heterocycles. The molecule has 5 nitrogen and oxygen atoms in total.